The normalized spacial score (nSPS) is 22.7. The summed E-state index contributed by atoms with van der Waals surface area (Å²) in [7, 11) is -3.94. The number of nitrogens with zero attached hydrogens (tertiary/aromatic N) is 2. The molecule has 0 amide bonds. The molecule has 0 radical (unpaired) electrons. The molecule has 9 heteroatoms. The molecule has 0 bridgehead atoms. The molecule has 1 aromatic carbocycles. The van der Waals surface area contributed by atoms with Crippen LogP contribution in [0.3, 0.4) is 0 Å². The van der Waals surface area contributed by atoms with Crippen LogP contribution >= 0.6 is 0 Å². The summed E-state index contributed by atoms with van der Waals surface area (Å²) in [5, 5.41) is 18.1. The van der Waals surface area contributed by atoms with Gasteiger partial charge in [-0.25, -0.2) is 17.5 Å². The second kappa shape index (κ2) is 7.31. The van der Waals surface area contributed by atoms with E-state index in [4.69, 9.17) is 10.4 Å². The van der Waals surface area contributed by atoms with Gasteiger partial charge < -0.3 is 5.11 Å². The largest absolute Gasteiger partial charge is 0.480 e. The molecule has 2 aliphatic carbocycles. The molecule has 0 aromatic heterocycles. The molecule has 1 aromatic rings. The van der Waals surface area contributed by atoms with Gasteiger partial charge in [-0.15, -0.1) is 0 Å². The highest BCUT2D eigenvalue weighted by Gasteiger charge is 2.39. The average molecular weight is 381 g/mol. The summed E-state index contributed by atoms with van der Waals surface area (Å²) in [6, 6.07) is 4.38. The lowest BCUT2D eigenvalue weighted by molar-refractivity contribution is -0.139. The van der Waals surface area contributed by atoms with Crippen molar-refractivity contribution in [3.63, 3.8) is 0 Å². The molecule has 0 saturated heterocycles. The molecule has 0 atom stereocenters. The van der Waals surface area contributed by atoms with Gasteiger partial charge in [0.25, 0.3) is 0 Å². The monoisotopic (exact) mass is 381 g/mol. The Morgan fingerprint density at radius 2 is 2.08 bits per heavy atom. The minimum Gasteiger partial charge on any atom is -0.480 e. The number of carboxylic acid groups (broad SMARTS) is 1. The summed E-state index contributed by atoms with van der Waals surface area (Å²) < 4.78 is 40.7. The topological polar surface area (TPSA) is 110 Å². The van der Waals surface area contributed by atoms with Gasteiger partial charge in [0.05, 0.1) is 17.0 Å². The zero-order valence-electron chi connectivity index (χ0n) is 14.1. The number of hydrogen-bond acceptors (Lipinski definition) is 5. The summed E-state index contributed by atoms with van der Waals surface area (Å²) in [5.41, 5.74) is -0.241. The van der Waals surface area contributed by atoms with Crippen molar-refractivity contribution >= 4 is 16.0 Å². The molecule has 0 spiro atoms. The number of sulfonamides is 1. The Morgan fingerprint density at radius 3 is 2.65 bits per heavy atom. The molecule has 26 heavy (non-hydrogen) atoms. The lowest BCUT2D eigenvalue weighted by atomic mass is 9.86. The number of halogens is 1. The molecule has 3 rings (SSSR count). The van der Waals surface area contributed by atoms with Gasteiger partial charge in [-0.1, -0.05) is 0 Å². The Hall–Kier alpha value is -2.02. The summed E-state index contributed by atoms with van der Waals surface area (Å²) >= 11 is 0. The summed E-state index contributed by atoms with van der Waals surface area (Å²) in [6.45, 7) is 0.685. The van der Waals surface area contributed by atoms with Gasteiger partial charge in [-0.2, -0.15) is 5.26 Å². The number of benzene rings is 1. The summed E-state index contributed by atoms with van der Waals surface area (Å²) in [4.78, 5) is 12.7. The number of aliphatic carboxylic acids is 1. The third-order valence-corrected chi connectivity index (χ3v) is 6.41. The van der Waals surface area contributed by atoms with E-state index >= 15 is 0 Å². The van der Waals surface area contributed by atoms with E-state index in [1.165, 1.54) is 0 Å². The van der Waals surface area contributed by atoms with Crippen LogP contribution in [0.1, 0.15) is 31.2 Å². The number of rotatable bonds is 8. The maximum atomic E-state index is 13.2. The Labute approximate surface area is 151 Å². The minimum absolute atomic E-state index is 0.0306. The van der Waals surface area contributed by atoms with Crippen LogP contribution in [0.4, 0.5) is 4.39 Å². The number of nitrogens with one attached hydrogen (secondary N) is 1. The highest BCUT2D eigenvalue weighted by atomic mass is 32.2. The van der Waals surface area contributed by atoms with E-state index in [9.17, 15) is 17.6 Å². The zero-order valence-corrected chi connectivity index (χ0v) is 14.9. The van der Waals surface area contributed by atoms with Crippen molar-refractivity contribution in [3.05, 3.63) is 29.6 Å². The van der Waals surface area contributed by atoms with Gasteiger partial charge in [0, 0.05) is 18.6 Å². The predicted octanol–water partition coefficient (Wildman–Crippen LogP) is 1.30. The molecule has 2 N–H and O–H groups in total. The lowest BCUT2D eigenvalue weighted by Crippen LogP contribution is -2.55. The second-order valence-corrected chi connectivity index (χ2v) is 8.64. The zero-order chi connectivity index (χ0) is 18.9. The number of carbonyl (C=O) groups is 1. The van der Waals surface area contributed by atoms with Gasteiger partial charge in [-0.05, 0) is 49.8 Å². The van der Waals surface area contributed by atoms with Crippen LogP contribution in [-0.4, -0.2) is 49.6 Å². The predicted molar refractivity (Wildman–Crippen MR) is 90.2 cm³/mol. The third kappa shape index (κ3) is 4.38. The van der Waals surface area contributed by atoms with Gasteiger partial charge in [0.1, 0.15) is 11.9 Å². The fourth-order valence-corrected chi connectivity index (χ4v) is 4.64. The molecule has 2 fully saturated rings. The van der Waals surface area contributed by atoms with Gasteiger partial charge >= 0.3 is 5.97 Å². The standard InChI is InChI=1S/C17H20FN3O4S/c18-13-3-4-16(12(5-13)8-19)26(24,25)20-14-6-15(7-14)21(10-17(22)23)9-11-1-2-11/h3-5,11,14-15,20H,1-2,6-7,9-10H2,(H,22,23). The van der Waals surface area contributed by atoms with Crippen molar-refractivity contribution in [3.8, 4) is 6.07 Å². The van der Waals surface area contributed by atoms with Crippen LogP contribution in [0, 0.1) is 23.1 Å². The molecule has 0 unspecified atom stereocenters. The maximum absolute atomic E-state index is 13.2. The van der Waals surface area contributed by atoms with Crippen molar-refractivity contribution in [2.75, 3.05) is 13.1 Å². The lowest BCUT2D eigenvalue weighted by Gasteiger charge is -2.42. The van der Waals surface area contributed by atoms with Crippen LogP contribution in [0.25, 0.3) is 0 Å². The second-order valence-electron chi connectivity index (χ2n) is 6.96. The highest BCUT2D eigenvalue weighted by molar-refractivity contribution is 7.89. The Morgan fingerprint density at radius 1 is 1.38 bits per heavy atom. The first kappa shape index (κ1) is 18.8. The van der Waals surface area contributed by atoms with E-state index in [1.54, 1.807) is 6.07 Å². The van der Waals surface area contributed by atoms with Crippen molar-refractivity contribution in [1.82, 2.24) is 9.62 Å². The van der Waals surface area contributed by atoms with Crippen molar-refractivity contribution in [1.29, 1.82) is 5.26 Å². The van der Waals surface area contributed by atoms with Crippen molar-refractivity contribution < 1.29 is 22.7 Å². The molecule has 140 valence electrons. The Balaban J connectivity index is 1.62. The molecular weight excluding hydrogens is 361 g/mol. The number of hydrogen-bond donors (Lipinski definition) is 2. The number of carboxylic acids is 1. The van der Waals surface area contributed by atoms with Crippen LogP contribution in [0.2, 0.25) is 0 Å². The molecule has 0 heterocycles. The van der Waals surface area contributed by atoms with E-state index < -0.39 is 21.8 Å². The van der Waals surface area contributed by atoms with Crippen LogP contribution < -0.4 is 4.72 Å². The third-order valence-electron chi connectivity index (χ3n) is 4.83. The minimum atomic E-state index is -3.94. The molecular formula is C17H20FN3O4S. The van der Waals surface area contributed by atoms with Crippen LogP contribution in [0.15, 0.2) is 23.1 Å². The fourth-order valence-electron chi connectivity index (χ4n) is 3.24. The van der Waals surface area contributed by atoms with Gasteiger partial charge in [-0.3, -0.25) is 9.69 Å². The maximum Gasteiger partial charge on any atom is 0.317 e. The van der Waals surface area contributed by atoms with E-state index in [1.807, 2.05) is 4.90 Å². The van der Waals surface area contributed by atoms with Crippen molar-refractivity contribution in [2.24, 2.45) is 5.92 Å². The quantitative estimate of drug-likeness (QED) is 0.702. The van der Waals surface area contributed by atoms with E-state index in [0.29, 0.717) is 18.8 Å². The molecule has 2 aliphatic rings. The highest BCUT2D eigenvalue weighted by Crippen LogP contribution is 2.34. The van der Waals surface area contributed by atoms with Crippen molar-refractivity contribution in [2.45, 2.75) is 42.7 Å². The summed E-state index contributed by atoms with van der Waals surface area (Å²) in [5.74, 6) is -1.02. The molecule has 7 nitrogen and oxygen atoms in total. The Kier molecular flexibility index (Phi) is 5.27. The van der Waals surface area contributed by atoms with E-state index in [0.717, 1.165) is 37.6 Å². The molecule has 2 saturated carbocycles. The summed E-state index contributed by atoms with van der Waals surface area (Å²) in [6.07, 6.45) is 3.26. The first-order valence-electron chi connectivity index (χ1n) is 8.46. The SMILES string of the molecule is N#Cc1cc(F)ccc1S(=O)(=O)NC1CC(N(CC(=O)O)CC2CC2)C1. The number of nitriles is 1. The van der Waals surface area contributed by atoms with E-state index in [2.05, 4.69) is 4.72 Å². The fraction of sp³-hybridized carbons (Fsp3) is 0.529. The smallest absolute Gasteiger partial charge is 0.317 e. The van der Waals surface area contributed by atoms with E-state index in [-0.39, 0.29) is 29.1 Å². The van der Waals surface area contributed by atoms with Crippen LogP contribution in [-0.2, 0) is 14.8 Å². The first-order chi connectivity index (χ1) is 12.3. The van der Waals surface area contributed by atoms with Gasteiger partial charge in [0.15, 0.2) is 0 Å². The average Bonchev–Trinajstić information content (AvgIpc) is 3.33. The first-order valence-corrected chi connectivity index (χ1v) is 9.94. The van der Waals surface area contributed by atoms with Crippen LogP contribution in [0.5, 0.6) is 0 Å². The Bertz CT molecular complexity index is 842. The van der Waals surface area contributed by atoms with Gasteiger partial charge in [0.2, 0.25) is 10.0 Å². The molecule has 0 aliphatic heterocycles.